The summed E-state index contributed by atoms with van der Waals surface area (Å²) in [5.74, 6) is 1.40. The molecule has 3 rings (SSSR count). The number of likely N-dealkylation sites (tertiary alicyclic amines) is 1. The standard InChI is InChI=1S/C14H23N5O/c1-18-10-16-17-12(18)11-5-4-8-19(9-11)13(20)14(15)6-2-3-7-14/h10-11H,2-9,15H2,1H3. The maximum absolute atomic E-state index is 12.7. The molecule has 2 fully saturated rings. The Morgan fingerprint density at radius 1 is 1.40 bits per heavy atom. The van der Waals surface area contributed by atoms with Crippen molar-refractivity contribution < 1.29 is 4.79 Å². The van der Waals surface area contributed by atoms with Crippen LogP contribution in [-0.4, -0.2) is 44.2 Å². The SMILES string of the molecule is Cn1cnnc1C1CCCN(C(=O)C2(N)CCCC2)C1. The van der Waals surface area contributed by atoms with Crippen LogP contribution in [0.3, 0.4) is 0 Å². The highest BCUT2D eigenvalue weighted by molar-refractivity contribution is 5.86. The van der Waals surface area contributed by atoms with Gasteiger partial charge < -0.3 is 15.2 Å². The smallest absolute Gasteiger partial charge is 0.242 e. The van der Waals surface area contributed by atoms with Crippen LogP contribution >= 0.6 is 0 Å². The molecule has 0 spiro atoms. The number of aromatic nitrogens is 3. The molecule has 0 bridgehead atoms. The first-order valence-electron chi connectivity index (χ1n) is 7.52. The molecule has 1 saturated carbocycles. The largest absolute Gasteiger partial charge is 0.340 e. The molecular formula is C14H23N5O. The van der Waals surface area contributed by atoms with Crippen molar-refractivity contribution in [2.24, 2.45) is 12.8 Å². The van der Waals surface area contributed by atoms with Crippen LogP contribution < -0.4 is 5.73 Å². The van der Waals surface area contributed by atoms with E-state index in [2.05, 4.69) is 10.2 Å². The van der Waals surface area contributed by atoms with Crippen LogP contribution in [0.5, 0.6) is 0 Å². The van der Waals surface area contributed by atoms with Gasteiger partial charge in [-0.05, 0) is 25.7 Å². The van der Waals surface area contributed by atoms with E-state index in [9.17, 15) is 4.79 Å². The number of aryl methyl sites for hydroxylation is 1. The minimum absolute atomic E-state index is 0.141. The van der Waals surface area contributed by atoms with E-state index in [0.717, 1.165) is 57.4 Å². The molecule has 2 heterocycles. The summed E-state index contributed by atoms with van der Waals surface area (Å²) in [4.78, 5) is 14.6. The summed E-state index contributed by atoms with van der Waals surface area (Å²) in [5, 5.41) is 8.13. The lowest BCUT2D eigenvalue weighted by molar-refractivity contribution is -0.138. The zero-order chi connectivity index (χ0) is 14.2. The number of piperidine rings is 1. The molecule has 1 amide bonds. The average molecular weight is 277 g/mol. The molecule has 1 aromatic rings. The lowest BCUT2D eigenvalue weighted by atomic mass is 9.92. The fraction of sp³-hybridized carbons (Fsp3) is 0.786. The molecule has 0 aromatic carbocycles. The van der Waals surface area contributed by atoms with E-state index in [4.69, 9.17) is 5.73 Å². The van der Waals surface area contributed by atoms with Gasteiger partial charge in [0.05, 0.1) is 5.54 Å². The van der Waals surface area contributed by atoms with E-state index in [1.807, 2.05) is 16.5 Å². The lowest BCUT2D eigenvalue weighted by Crippen LogP contribution is -2.55. The Balaban J connectivity index is 1.72. The van der Waals surface area contributed by atoms with Crippen molar-refractivity contribution in [3.8, 4) is 0 Å². The Bertz CT molecular complexity index is 492. The summed E-state index contributed by atoms with van der Waals surface area (Å²) in [7, 11) is 1.96. The average Bonchev–Trinajstić information content (AvgIpc) is 3.08. The molecule has 2 N–H and O–H groups in total. The van der Waals surface area contributed by atoms with Crippen LogP contribution in [0, 0.1) is 0 Å². The number of carbonyl (C=O) groups is 1. The summed E-state index contributed by atoms with van der Waals surface area (Å²) in [6, 6.07) is 0. The van der Waals surface area contributed by atoms with Crippen LogP contribution in [0.1, 0.15) is 50.3 Å². The van der Waals surface area contributed by atoms with Crippen molar-refractivity contribution in [3.63, 3.8) is 0 Å². The quantitative estimate of drug-likeness (QED) is 0.867. The van der Waals surface area contributed by atoms with E-state index in [-0.39, 0.29) is 11.8 Å². The van der Waals surface area contributed by atoms with Gasteiger partial charge in [0.1, 0.15) is 12.2 Å². The number of rotatable bonds is 2. The van der Waals surface area contributed by atoms with E-state index >= 15 is 0 Å². The highest BCUT2D eigenvalue weighted by Gasteiger charge is 2.41. The van der Waals surface area contributed by atoms with Gasteiger partial charge in [0.15, 0.2) is 0 Å². The number of hydrogen-bond acceptors (Lipinski definition) is 4. The van der Waals surface area contributed by atoms with Crippen molar-refractivity contribution in [3.05, 3.63) is 12.2 Å². The second-order valence-electron chi connectivity index (χ2n) is 6.25. The minimum Gasteiger partial charge on any atom is -0.340 e. The first-order valence-corrected chi connectivity index (χ1v) is 7.52. The third kappa shape index (κ3) is 2.32. The molecule has 0 radical (unpaired) electrons. The summed E-state index contributed by atoms with van der Waals surface area (Å²) in [5.41, 5.74) is 5.69. The molecule has 1 atom stereocenters. The van der Waals surface area contributed by atoms with Crippen molar-refractivity contribution in [1.29, 1.82) is 0 Å². The molecule has 1 aliphatic heterocycles. The fourth-order valence-electron chi connectivity index (χ4n) is 3.57. The van der Waals surface area contributed by atoms with Gasteiger partial charge in [0.2, 0.25) is 5.91 Å². The second-order valence-corrected chi connectivity index (χ2v) is 6.25. The predicted molar refractivity (Wildman–Crippen MR) is 74.9 cm³/mol. The predicted octanol–water partition coefficient (Wildman–Crippen LogP) is 0.793. The first-order chi connectivity index (χ1) is 9.60. The summed E-state index contributed by atoms with van der Waals surface area (Å²) in [6.45, 7) is 1.55. The van der Waals surface area contributed by atoms with E-state index in [1.54, 1.807) is 6.33 Å². The van der Waals surface area contributed by atoms with Crippen molar-refractivity contribution >= 4 is 5.91 Å². The first kappa shape index (κ1) is 13.5. The zero-order valence-electron chi connectivity index (χ0n) is 12.1. The van der Waals surface area contributed by atoms with Crippen LogP contribution in [-0.2, 0) is 11.8 Å². The Hall–Kier alpha value is -1.43. The van der Waals surface area contributed by atoms with Crippen molar-refractivity contribution in [2.75, 3.05) is 13.1 Å². The third-order valence-electron chi connectivity index (χ3n) is 4.74. The van der Waals surface area contributed by atoms with Crippen LogP contribution in [0.25, 0.3) is 0 Å². The van der Waals surface area contributed by atoms with Crippen LogP contribution in [0.2, 0.25) is 0 Å². The normalized spacial score (nSPS) is 25.9. The number of nitrogens with two attached hydrogens (primary N) is 1. The molecule has 6 nitrogen and oxygen atoms in total. The number of amides is 1. The molecule has 2 aliphatic rings. The highest BCUT2D eigenvalue weighted by Crippen LogP contribution is 2.32. The highest BCUT2D eigenvalue weighted by atomic mass is 16.2. The van der Waals surface area contributed by atoms with Crippen molar-refractivity contribution in [1.82, 2.24) is 19.7 Å². The topological polar surface area (TPSA) is 77.0 Å². The van der Waals surface area contributed by atoms with Gasteiger partial charge in [-0.1, -0.05) is 12.8 Å². The summed E-state index contributed by atoms with van der Waals surface area (Å²) in [6.07, 6.45) is 7.60. The monoisotopic (exact) mass is 277 g/mol. The van der Waals surface area contributed by atoms with Gasteiger partial charge in [0, 0.05) is 26.1 Å². The molecule has 110 valence electrons. The molecule has 6 heteroatoms. The van der Waals surface area contributed by atoms with E-state index in [0.29, 0.717) is 0 Å². The molecule has 1 saturated heterocycles. The number of nitrogens with zero attached hydrogens (tertiary/aromatic N) is 4. The summed E-state index contributed by atoms with van der Waals surface area (Å²) >= 11 is 0. The summed E-state index contributed by atoms with van der Waals surface area (Å²) < 4.78 is 1.95. The maximum atomic E-state index is 12.7. The molecule has 1 aromatic heterocycles. The van der Waals surface area contributed by atoms with Gasteiger partial charge in [-0.15, -0.1) is 10.2 Å². The minimum atomic E-state index is -0.609. The van der Waals surface area contributed by atoms with Crippen LogP contribution in [0.4, 0.5) is 0 Å². The van der Waals surface area contributed by atoms with Gasteiger partial charge in [0.25, 0.3) is 0 Å². The lowest BCUT2D eigenvalue weighted by Gasteiger charge is -2.37. The Morgan fingerprint density at radius 3 is 2.80 bits per heavy atom. The van der Waals surface area contributed by atoms with Gasteiger partial charge in [-0.2, -0.15) is 0 Å². The molecule has 1 unspecified atom stereocenters. The zero-order valence-corrected chi connectivity index (χ0v) is 12.1. The second kappa shape index (κ2) is 5.16. The number of hydrogen-bond donors (Lipinski definition) is 1. The Morgan fingerprint density at radius 2 is 2.15 bits per heavy atom. The van der Waals surface area contributed by atoms with Gasteiger partial charge in [-0.3, -0.25) is 4.79 Å². The Kier molecular flexibility index (Phi) is 3.50. The van der Waals surface area contributed by atoms with E-state index in [1.165, 1.54) is 0 Å². The van der Waals surface area contributed by atoms with E-state index < -0.39 is 5.54 Å². The molecule has 1 aliphatic carbocycles. The number of carbonyl (C=O) groups excluding carboxylic acids is 1. The Labute approximate surface area is 119 Å². The molecule has 20 heavy (non-hydrogen) atoms. The van der Waals surface area contributed by atoms with Crippen LogP contribution in [0.15, 0.2) is 6.33 Å². The molecular weight excluding hydrogens is 254 g/mol. The maximum Gasteiger partial charge on any atom is 0.242 e. The van der Waals surface area contributed by atoms with Gasteiger partial charge in [-0.25, -0.2) is 0 Å². The fourth-order valence-corrected chi connectivity index (χ4v) is 3.57. The van der Waals surface area contributed by atoms with Gasteiger partial charge >= 0.3 is 0 Å². The van der Waals surface area contributed by atoms with Crippen molar-refractivity contribution in [2.45, 2.75) is 50.0 Å². The third-order valence-corrected chi connectivity index (χ3v) is 4.74.